The Kier molecular flexibility index (Phi) is 6.03. The molecule has 1 N–H and O–H groups in total. The van der Waals surface area contributed by atoms with Crippen LogP contribution < -0.4 is 0 Å². The number of fused-ring (bicyclic) bond motifs is 6. The molecule has 37 heavy (non-hydrogen) atoms. The number of aliphatic hydroxyl groups is 1. The zero-order chi connectivity index (χ0) is 26.2. The summed E-state index contributed by atoms with van der Waals surface area (Å²) in [6.07, 6.45) is 9.03. The van der Waals surface area contributed by atoms with Gasteiger partial charge in [-0.1, -0.05) is 12.1 Å². The third-order valence-corrected chi connectivity index (χ3v) is 11.3. The number of rotatable bonds is 5. The summed E-state index contributed by atoms with van der Waals surface area (Å²) in [4.78, 5) is 13.7. The average Bonchev–Trinajstić information content (AvgIpc) is 3.42. The fourth-order valence-electron chi connectivity index (χ4n) is 9.67. The summed E-state index contributed by atoms with van der Waals surface area (Å²) in [7, 11) is 1.81. The number of hydrogen-bond acceptors (Lipinski definition) is 5. The third-order valence-electron chi connectivity index (χ3n) is 11.3. The molecule has 0 spiro atoms. The van der Waals surface area contributed by atoms with Crippen LogP contribution in [0.1, 0.15) is 71.6 Å². The van der Waals surface area contributed by atoms with Gasteiger partial charge in [-0.2, -0.15) is 0 Å². The maximum atomic E-state index is 14.1. The second-order valence-corrected chi connectivity index (χ2v) is 13.1. The van der Waals surface area contributed by atoms with Crippen LogP contribution in [0, 0.1) is 52.1 Å². The number of aromatic nitrogens is 3. The minimum Gasteiger partial charge on any atom is -0.390 e. The Morgan fingerprint density at radius 3 is 2.70 bits per heavy atom. The van der Waals surface area contributed by atoms with Crippen LogP contribution in [0.5, 0.6) is 0 Å². The van der Waals surface area contributed by atoms with Crippen molar-refractivity contribution in [1.29, 1.82) is 0 Å². The highest BCUT2D eigenvalue weighted by Gasteiger charge is 2.63. The van der Waals surface area contributed by atoms with Gasteiger partial charge >= 0.3 is 0 Å². The van der Waals surface area contributed by atoms with Crippen molar-refractivity contribution in [1.82, 2.24) is 15.0 Å². The van der Waals surface area contributed by atoms with E-state index >= 15 is 0 Å². The molecule has 1 aromatic heterocycles. The molecule has 1 heterocycles. The van der Waals surface area contributed by atoms with Crippen molar-refractivity contribution < 1.29 is 23.4 Å². The van der Waals surface area contributed by atoms with Crippen LogP contribution in [0.2, 0.25) is 0 Å². The first-order valence-corrected chi connectivity index (χ1v) is 14.0. The van der Waals surface area contributed by atoms with Crippen LogP contribution >= 0.6 is 0 Å². The minimum atomic E-state index is -1.02. The van der Waals surface area contributed by atoms with E-state index in [9.17, 15) is 18.7 Å². The SMILES string of the molecule is COCC12CC[C@@](C)(O)CC1CCC1[C@H]3CC[C@H](C(=O)Cn4nnc5c(F)c(F)ccc54)[C@@]3(C)CC[C@@H]12. The second-order valence-electron chi connectivity index (χ2n) is 13.1. The molecule has 6 rings (SSSR count). The largest absolute Gasteiger partial charge is 0.390 e. The molecular weight excluding hydrogens is 476 g/mol. The lowest BCUT2D eigenvalue weighted by Gasteiger charge is -2.62. The Balaban J connectivity index is 1.24. The van der Waals surface area contributed by atoms with E-state index in [1.165, 1.54) is 10.7 Å². The number of hydrogen-bond donors (Lipinski definition) is 1. The number of nitrogens with zero attached hydrogens (tertiary/aromatic N) is 3. The van der Waals surface area contributed by atoms with Crippen molar-refractivity contribution in [3.05, 3.63) is 23.8 Å². The molecular formula is C29H39F2N3O3. The lowest BCUT2D eigenvalue weighted by molar-refractivity contribution is -0.175. The normalized spacial score (nSPS) is 41.3. The molecule has 0 saturated heterocycles. The molecule has 0 amide bonds. The molecule has 4 aliphatic carbocycles. The van der Waals surface area contributed by atoms with E-state index in [1.54, 1.807) is 0 Å². The number of carbonyl (C=O) groups is 1. The van der Waals surface area contributed by atoms with Crippen LogP contribution in [0.3, 0.4) is 0 Å². The van der Waals surface area contributed by atoms with Crippen LogP contribution in [0.15, 0.2) is 12.1 Å². The van der Waals surface area contributed by atoms with Crippen molar-refractivity contribution in [2.75, 3.05) is 13.7 Å². The number of halogens is 2. The zero-order valence-corrected chi connectivity index (χ0v) is 22.2. The Morgan fingerprint density at radius 1 is 1.11 bits per heavy atom. The van der Waals surface area contributed by atoms with E-state index in [2.05, 4.69) is 17.2 Å². The van der Waals surface area contributed by atoms with E-state index in [4.69, 9.17) is 4.74 Å². The lowest BCUT2D eigenvalue weighted by Crippen LogP contribution is -2.58. The number of Topliss-reactive ketones (excluding diaryl/α,β-unsaturated/α-hetero) is 1. The molecule has 202 valence electrons. The summed E-state index contributed by atoms with van der Waals surface area (Å²) in [6, 6.07) is 2.51. The van der Waals surface area contributed by atoms with Crippen molar-refractivity contribution >= 4 is 16.8 Å². The molecule has 6 nitrogen and oxygen atoms in total. The van der Waals surface area contributed by atoms with Crippen molar-refractivity contribution in [2.45, 2.75) is 83.8 Å². The highest BCUT2D eigenvalue weighted by atomic mass is 19.2. The smallest absolute Gasteiger partial charge is 0.188 e. The maximum absolute atomic E-state index is 14.1. The summed E-state index contributed by atoms with van der Waals surface area (Å²) in [6.45, 7) is 5.10. The van der Waals surface area contributed by atoms with Gasteiger partial charge in [0.2, 0.25) is 0 Å². The summed E-state index contributed by atoms with van der Waals surface area (Å²) in [5.41, 5.74) is -0.294. The standard InChI is InChI=1S/C29H39F2N3O3/c1-27(36)12-13-29(16-37-3)17(14-27)4-5-18-19-6-7-21(28(19,2)11-10-20(18)29)24(35)15-34-23-9-8-22(30)25(31)26(23)32-33-34/h8-9,17-21,36H,4-7,10-16H2,1-3H3/t17?,18?,19-,20+,21-,27-,28+,29?/m1/s1. The summed E-state index contributed by atoms with van der Waals surface area (Å²) in [5.74, 6) is 0.216. The topological polar surface area (TPSA) is 77.2 Å². The number of carbonyl (C=O) groups excluding carboxylic acids is 1. The summed E-state index contributed by atoms with van der Waals surface area (Å²) >= 11 is 0. The average molecular weight is 516 g/mol. The molecule has 4 saturated carbocycles. The van der Waals surface area contributed by atoms with Gasteiger partial charge in [-0.05, 0) is 111 Å². The van der Waals surface area contributed by atoms with Crippen molar-refractivity contribution in [3.63, 3.8) is 0 Å². The highest BCUT2D eigenvalue weighted by molar-refractivity contribution is 5.84. The number of ketones is 1. The zero-order valence-electron chi connectivity index (χ0n) is 22.2. The Hall–Kier alpha value is -1.93. The molecule has 3 unspecified atom stereocenters. The van der Waals surface area contributed by atoms with E-state index in [-0.39, 0.29) is 34.6 Å². The Labute approximate surface area is 217 Å². The molecule has 8 atom stereocenters. The van der Waals surface area contributed by atoms with E-state index in [1.807, 2.05) is 14.0 Å². The van der Waals surface area contributed by atoms with Gasteiger partial charge in [-0.3, -0.25) is 4.79 Å². The van der Waals surface area contributed by atoms with Gasteiger partial charge in [0.05, 0.1) is 17.7 Å². The van der Waals surface area contributed by atoms with Gasteiger partial charge in [0, 0.05) is 13.0 Å². The van der Waals surface area contributed by atoms with Crippen LogP contribution in [-0.4, -0.2) is 45.2 Å². The maximum Gasteiger partial charge on any atom is 0.188 e. The number of benzene rings is 1. The van der Waals surface area contributed by atoms with Gasteiger partial charge in [0.1, 0.15) is 6.54 Å². The first-order chi connectivity index (χ1) is 17.6. The first-order valence-electron chi connectivity index (χ1n) is 14.0. The Morgan fingerprint density at radius 2 is 1.92 bits per heavy atom. The van der Waals surface area contributed by atoms with Crippen LogP contribution in [0.4, 0.5) is 8.78 Å². The highest BCUT2D eigenvalue weighted by Crippen LogP contribution is 2.68. The first kappa shape index (κ1) is 25.4. The van der Waals surface area contributed by atoms with Gasteiger partial charge < -0.3 is 9.84 Å². The molecule has 0 bridgehead atoms. The molecule has 0 aliphatic heterocycles. The summed E-state index contributed by atoms with van der Waals surface area (Å²) in [5, 5.41) is 18.6. The quantitative estimate of drug-likeness (QED) is 0.584. The van der Waals surface area contributed by atoms with Crippen molar-refractivity contribution in [2.24, 2.45) is 40.4 Å². The predicted molar refractivity (Wildman–Crippen MR) is 134 cm³/mol. The number of methoxy groups -OCH3 is 1. The molecule has 4 aliphatic rings. The van der Waals surface area contributed by atoms with Crippen LogP contribution in [-0.2, 0) is 16.1 Å². The van der Waals surface area contributed by atoms with E-state index in [0.717, 1.165) is 70.5 Å². The number of ether oxygens (including phenoxy) is 1. The molecule has 1 aromatic carbocycles. The van der Waals surface area contributed by atoms with Gasteiger partial charge in [-0.15, -0.1) is 5.10 Å². The molecule has 4 fully saturated rings. The predicted octanol–water partition coefficient (Wildman–Crippen LogP) is 5.32. The molecule has 8 heteroatoms. The fourth-order valence-corrected chi connectivity index (χ4v) is 9.67. The minimum absolute atomic E-state index is 0.0351. The second kappa shape index (κ2) is 8.80. The van der Waals surface area contributed by atoms with Crippen LogP contribution in [0.25, 0.3) is 11.0 Å². The van der Waals surface area contributed by atoms with E-state index in [0.29, 0.717) is 29.2 Å². The fraction of sp³-hybridized carbons (Fsp3) is 0.759. The Bertz CT molecular complexity index is 1210. The molecule has 0 radical (unpaired) electrons. The van der Waals surface area contributed by atoms with E-state index < -0.39 is 17.2 Å². The molecule has 2 aromatic rings. The van der Waals surface area contributed by atoms with Crippen molar-refractivity contribution in [3.8, 4) is 0 Å². The summed E-state index contributed by atoms with van der Waals surface area (Å²) < 4.78 is 35.0. The van der Waals surface area contributed by atoms with Gasteiger partial charge in [-0.25, -0.2) is 13.5 Å². The lowest BCUT2D eigenvalue weighted by atomic mass is 9.43. The van der Waals surface area contributed by atoms with Gasteiger partial charge in [0.25, 0.3) is 0 Å². The monoisotopic (exact) mass is 515 g/mol. The third kappa shape index (κ3) is 3.80. The van der Waals surface area contributed by atoms with Gasteiger partial charge in [0.15, 0.2) is 22.9 Å².